The van der Waals surface area contributed by atoms with Gasteiger partial charge in [-0.05, 0) is 43.1 Å². The van der Waals surface area contributed by atoms with Gasteiger partial charge in [0.25, 0.3) is 6.47 Å². The average molecular weight is 383 g/mol. The summed E-state index contributed by atoms with van der Waals surface area (Å²) >= 11 is 13.3. The number of rotatable bonds is 5. The molecule has 1 unspecified atom stereocenters. The van der Waals surface area contributed by atoms with Crippen molar-refractivity contribution in [1.29, 1.82) is 0 Å². The van der Waals surface area contributed by atoms with Crippen LogP contribution in [-0.2, 0) is 4.79 Å². The Balaban J connectivity index is 2.14. The lowest BCUT2D eigenvalue weighted by molar-refractivity contribution is -0.120. The van der Waals surface area contributed by atoms with Crippen molar-refractivity contribution >= 4 is 41.2 Å². The molecule has 0 aliphatic carbocycles. The second-order valence-electron chi connectivity index (χ2n) is 5.06. The van der Waals surface area contributed by atoms with Gasteiger partial charge in [0.2, 0.25) is 0 Å². The lowest BCUT2D eigenvalue weighted by Crippen LogP contribution is -2.10. The molecule has 0 aliphatic rings. The number of nitrogens with zero attached hydrogens (tertiary/aromatic N) is 4. The Bertz CT molecular complexity index is 880. The van der Waals surface area contributed by atoms with Gasteiger partial charge in [-0.1, -0.05) is 33.8 Å². The van der Waals surface area contributed by atoms with E-state index in [1.165, 1.54) is 11.5 Å². The minimum absolute atomic E-state index is 0.181. The number of hydrogen-bond donors (Lipinski definition) is 0. The zero-order valence-electron chi connectivity index (χ0n) is 12.7. The van der Waals surface area contributed by atoms with Gasteiger partial charge in [-0.3, -0.25) is 9.48 Å². The minimum Gasteiger partial charge on any atom is -0.424 e. The first-order chi connectivity index (χ1) is 11.5. The largest absolute Gasteiger partial charge is 0.424 e. The summed E-state index contributed by atoms with van der Waals surface area (Å²) < 4.78 is 10.7. The molecular weight excluding hydrogens is 371 g/mol. The number of aryl methyl sites for hydroxylation is 1. The van der Waals surface area contributed by atoms with Crippen LogP contribution in [0, 0.1) is 6.92 Å². The fourth-order valence-corrected chi connectivity index (χ4v) is 3.16. The third kappa shape index (κ3) is 3.02. The number of ether oxygens (including phenoxy) is 1. The lowest BCUT2D eigenvalue weighted by Gasteiger charge is -2.16. The second-order valence-corrected chi connectivity index (χ2v) is 6.49. The molecule has 0 aliphatic heterocycles. The van der Waals surface area contributed by atoms with Gasteiger partial charge >= 0.3 is 0 Å². The molecule has 0 amide bonds. The van der Waals surface area contributed by atoms with Crippen LogP contribution in [0.1, 0.15) is 24.2 Å². The molecule has 0 radical (unpaired) electrons. The van der Waals surface area contributed by atoms with Crippen molar-refractivity contribution in [1.82, 2.24) is 19.4 Å². The van der Waals surface area contributed by atoms with Crippen molar-refractivity contribution in [2.75, 3.05) is 0 Å². The van der Waals surface area contributed by atoms with Crippen molar-refractivity contribution in [3.63, 3.8) is 0 Å². The van der Waals surface area contributed by atoms with E-state index in [2.05, 4.69) is 14.7 Å². The molecule has 9 heteroatoms. The monoisotopic (exact) mass is 382 g/mol. The van der Waals surface area contributed by atoms with Gasteiger partial charge in [0.05, 0.1) is 16.1 Å². The summed E-state index contributed by atoms with van der Waals surface area (Å²) in [5.41, 5.74) is 2.67. The van der Waals surface area contributed by atoms with Crippen LogP contribution in [-0.4, -0.2) is 25.8 Å². The van der Waals surface area contributed by atoms with Crippen LogP contribution in [0.3, 0.4) is 0 Å². The second kappa shape index (κ2) is 6.88. The van der Waals surface area contributed by atoms with Gasteiger partial charge in [-0.15, -0.1) is 5.10 Å². The Morgan fingerprint density at radius 3 is 2.75 bits per heavy atom. The highest BCUT2D eigenvalue weighted by molar-refractivity contribution is 7.03. The fraction of sp³-hybridized carbons (Fsp3) is 0.200. The summed E-state index contributed by atoms with van der Waals surface area (Å²) in [4.78, 5) is 10.9. The summed E-state index contributed by atoms with van der Waals surface area (Å²) in [7, 11) is 0. The molecule has 0 N–H and O–H groups in total. The molecule has 0 saturated heterocycles. The summed E-state index contributed by atoms with van der Waals surface area (Å²) in [6.45, 7) is 4.10. The Morgan fingerprint density at radius 2 is 2.12 bits per heavy atom. The van der Waals surface area contributed by atoms with E-state index in [1.54, 1.807) is 29.1 Å². The highest BCUT2D eigenvalue weighted by atomic mass is 35.5. The minimum atomic E-state index is -0.181. The van der Waals surface area contributed by atoms with E-state index in [0.717, 1.165) is 5.56 Å². The fourth-order valence-electron chi connectivity index (χ4n) is 2.42. The summed E-state index contributed by atoms with van der Waals surface area (Å²) in [6.07, 6.45) is 0. The molecular formula is C15H12Cl2N4O2S. The maximum atomic E-state index is 10.9. The molecule has 3 rings (SSSR count). The topological polar surface area (TPSA) is 69.9 Å². The standard InChI is InChI=1S/C15H12Cl2N4O2S/c1-8-15(23-7-22)14(13-6-24-20-18-13)21(19-8)9(2)10-3-4-11(16)12(17)5-10/h3-7,9H,1-2H3. The van der Waals surface area contributed by atoms with E-state index in [4.69, 9.17) is 27.9 Å². The quantitative estimate of drug-likeness (QED) is 0.619. The first-order valence-electron chi connectivity index (χ1n) is 6.94. The van der Waals surface area contributed by atoms with Crippen LogP contribution in [0.2, 0.25) is 10.0 Å². The lowest BCUT2D eigenvalue weighted by atomic mass is 10.1. The maximum Gasteiger partial charge on any atom is 0.298 e. The van der Waals surface area contributed by atoms with Crippen LogP contribution in [0.4, 0.5) is 0 Å². The Kier molecular flexibility index (Phi) is 4.84. The van der Waals surface area contributed by atoms with Gasteiger partial charge < -0.3 is 4.74 Å². The highest BCUT2D eigenvalue weighted by Gasteiger charge is 2.24. The van der Waals surface area contributed by atoms with E-state index >= 15 is 0 Å². The molecule has 1 aromatic carbocycles. The van der Waals surface area contributed by atoms with Crippen LogP contribution >= 0.6 is 34.7 Å². The van der Waals surface area contributed by atoms with Gasteiger partial charge in [-0.25, -0.2) is 0 Å². The summed E-state index contributed by atoms with van der Waals surface area (Å²) in [6, 6.07) is 5.21. The molecule has 0 spiro atoms. The van der Waals surface area contributed by atoms with Crippen molar-refractivity contribution in [2.45, 2.75) is 19.9 Å². The number of benzene rings is 1. The van der Waals surface area contributed by atoms with Crippen molar-refractivity contribution < 1.29 is 9.53 Å². The Morgan fingerprint density at radius 1 is 1.33 bits per heavy atom. The highest BCUT2D eigenvalue weighted by Crippen LogP contribution is 2.36. The van der Waals surface area contributed by atoms with Gasteiger partial charge in [0.15, 0.2) is 5.75 Å². The van der Waals surface area contributed by atoms with Crippen molar-refractivity contribution in [3.05, 3.63) is 44.9 Å². The molecule has 6 nitrogen and oxygen atoms in total. The Hall–Kier alpha value is -1.96. The zero-order valence-corrected chi connectivity index (χ0v) is 15.1. The number of carbonyl (C=O) groups excluding carboxylic acids is 1. The smallest absolute Gasteiger partial charge is 0.298 e. The van der Waals surface area contributed by atoms with Gasteiger partial charge in [-0.2, -0.15) is 5.10 Å². The molecule has 2 aromatic heterocycles. The molecule has 124 valence electrons. The molecule has 2 heterocycles. The summed E-state index contributed by atoms with van der Waals surface area (Å²) in [5, 5.41) is 11.3. The molecule has 0 bridgehead atoms. The van der Waals surface area contributed by atoms with E-state index in [-0.39, 0.29) is 6.04 Å². The average Bonchev–Trinajstić information content (AvgIpc) is 3.18. The zero-order chi connectivity index (χ0) is 17.3. The number of carbonyl (C=O) groups is 1. The first kappa shape index (κ1) is 16.9. The first-order valence-corrected chi connectivity index (χ1v) is 8.54. The van der Waals surface area contributed by atoms with E-state index in [9.17, 15) is 4.79 Å². The molecule has 0 fully saturated rings. The molecule has 0 saturated carbocycles. The Labute approximate surface area is 152 Å². The van der Waals surface area contributed by atoms with Crippen molar-refractivity contribution in [3.8, 4) is 17.1 Å². The van der Waals surface area contributed by atoms with Crippen LogP contribution in [0.5, 0.6) is 5.75 Å². The third-order valence-corrected chi connectivity index (χ3v) is 4.84. The molecule has 1 atom stereocenters. The van der Waals surface area contributed by atoms with Crippen LogP contribution in [0.25, 0.3) is 11.4 Å². The molecule has 24 heavy (non-hydrogen) atoms. The maximum absolute atomic E-state index is 10.9. The SMILES string of the molecule is Cc1nn(C(C)c2ccc(Cl)c(Cl)c2)c(-c2csnn2)c1OC=O. The van der Waals surface area contributed by atoms with E-state index < -0.39 is 0 Å². The predicted molar refractivity (Wildman–Crippen MR) is 92.8 cm³/mol. The normalized spacial score (nSPS) is 12.2. The van der Waals surface area contributed by atoms with Crippen molar-refractivity contribution in [2.24, 2.45) is 0 Å². The number of halogens is 2. The van der Waals surface area contributed by atoms with E-state index in [1.807, 2.05) is 13.0 Å². The molecule has 3 aromatic rings. The number of hydrogen-bond acceptors (Lipinski definition) is 6. The van der Waals surface area contributed by atoms with Gasteiger partial charge in [0, 0.05) is 5.38 Å². The third-order valence-electron chi connectivity index (χ3n) is 3.59. The number of aromatic nitrogens is 4. The van der Waals surface area contributed by atoms with E-state index in [0.29, 0.717) is 39.3 Å². The summed E-state index contributed by atoms with van der Waals surface area (Å²) in [5.74, 6) is 0.365. The predicted octanol–water partition coefficient (Wildman–Crippen LogP) is 4.16. The van der Waals surface area contributed by atoms with Gasteiger partial charge in [0.1, 0.15) is 17.1 Å². The van der Waals surface area contributed by atoms with Crippen LogP contribution < -0.4 is 4.74 Å². The van der Waals surface area contributed by atoms with Crippen LogP contribution in [0.15, 0.2) is 23.6 Å².